The third-order valence-corrected chi connectivity index (χ3v) is 5.40. The first-order chi connectivity index (χ1) is 15.6. The first kappa shape index (κ1) is 25.7. The largest absolute Gasteiger partial charge is 0.573 e. The molecule has 1 N–H and O–H groups in total. The summed E-state index contributed by atoms with van der Waals surface area (Å²) >= 11 is 0. The van der Waals surface area contributed by atoms with Crippen LogP contribution in [0.5, 0.6) is 5.75 Å². The monoisotopic (exact) mass is 503 g/mol. The smallest absolute Gasteiger partial charge is 0.406 e. The Balaban J connectivity index is 1.90. The molecule has 1 fully saturated rings. The minimum absolute atomic E-state index is 0.189. The first-order valence-corrected chi connectivity index (χ1v) is 9.92. The molecule has 1 aliphatic carbocycles. The standard InChI is InChI=1S/C20H18F9N3O2/c1-32-16(11-5-7-12(8-6-11)34-20(27,28)29)15(10-3-2-4-10)17(31-32)30-14(33)9-13(18(21,22)23)19(24,25)26/h5-8,10,13H,2-4,9H2,1H3,(H,30,31,33). The number of hydrogen-bond acceptors (Lipinski definition) is 3. The third kappa shape index (κ3) is 5.95. The minimum Gasteiger partial charge on any atom is -0.406 e. The van der Waals surface area contributed by atoms with Crippen LogP contribution in [0.1, 0.15) is 37.2 Å². The lowest BCUT2D eigenvalue weighted by atomic mass is 9.79. The normalized spacial score (nSPS) is 15.4. The maximum absolute atomic E-state index is 12.8. The number of ether oxygens (including phenoxy) is 1. The zero-order chi connectivity index (χ0) is 25.5. The van der Waals surface area contributed by atoms with Crippen LogP contribution in [0.25, 0.3) is 11.3 Å². The van der Waals surface area contributed by atoms with Crippen molar-refractivity contribution in [2.75, 3.05) is 5.32 Å². The van der Waals surface area contributed by atoms with E-state index in [0.29, 0.717) is 29.7 Å². The van der Waals surface area contributed by atoms with Crippen LogP contribution in [0.4, 0.5) is 45.3 Å². The number of nitrogens with zero attached hydrogens (tertiary/aromatic N) is 2. The molecule has 14 heteroatoms. The molecule has 1 aromatic carbocycles. The number of amides is 1. The Morgan fingerprint density at radius 2 is 1.62 bits per heavy atom. The minimum atomic E-state index is -5.66. The first-order valence-electron chi connectivity index (χ1n) is 9.92. The van der Waals surface area contributed by atoms with Crippen molar-refractivity contribution in [1.82, 2.24) is 9.78 Å². The van der Waals surface area contributed by atoms with Gasteiger partial charge in [0.25, 0.3) is 0 Å². The summed E-state index contributed by atoms with van der Waals surface area (Å²) in [4.78, 5) is 12.1. The molecule has 0 unspecified atom stereocenters. The van der Waals surface area contributed by atoms with Crippen LogP contribution in [0.3, 0.4) is 0 Å². The van der Waals surface area contributed by atoms with E-state index >= 15 is 0 Å². The van der Waals surface area contributed by atoms with Gasteiger partial charge in [0.05, 0.1) is 5.69 Å². The number of aromatic nitrogens is 2. The fraction of sp³-hybridized carbons (Fsp3) is 0.500. The van der Waals surface area contributed by atoms with Gasteiger partial charge < -0.3 is 10.1 Å². The van der Waals surface area contributed by atoms with Crippen molar-refractivity contribution in [3.8, 4) is 17.0 Å². The summed E-state index contributed by atoms with van der Waals surface area (Å²) in [7, 11) is 1.43. The van der Waals surface area contributed by atoms with Crippen LogP contribution in [0.2, 0.25) is 0 Å². The van der Waals surface area contributed by atoms with Crippen LogP contribution in [0, 0.1) is 5.92 Å². The summed E-state index contributed by atoms with van der Waals surface area (Å²) in [6.07, 6.45) is -16.0. The van der Waals surface area contributed by atoms with Crippen molar-refractivity contribution in [3.63, 3.8) is 0 Å². The number of aryl methyl sites for hydroxylation is 1. The molecule has 0 saturated heterocycles. The SMILES string of the molecule is Cn1nc(NC(=O)CC(C(F)(F)F)C(F)(F)F)c(C2CCC2)c1-c1ccc(OC(F)(F)F)cc1. The Labute approximate surface area is 186 Å². The van der Waals surface area contributed by atoms with Crippen LogP contribution in [-0.2, 0) is 11.8 Å². The fourth-order valence-corrected chi connectivity index (χ4v) is 3.66. The van der Waals surface area contributed by atoms with Crippen LogP contribution in [-0.4, -0.2) is 34.4 Å². The van der Waals surface area contributed by atoms with Gasteiger partial charge >= 0.3 is 18.7 Å². The lowest BCUT2D eigenvalue weighted by molar-refractivity contribution is -0.283. The Bertz CT molecular complexity index is 1010. The van der Waals surface area contributed by atoms with Gasteiger partial charge in [0.1, 0.15) is 5.75 Å². The Morgan fingerprint density at radius 1 is 1.06 bits per heavy atom. The molecule has 2 aromatic rings. The maximum Gasteiger partial charge on any atom is 0.573 e. The summed E-state index contributed by atoms with van der Waals surface area (Å²) in [5.41, 5.74) is 1.12. The number of alkyl halides is 9. The van der Waals surface area contributed by atoms with Gasteiger partial charge in [-0.3, -0.25) is 9.48 Å². The highest BCUT2D eigenvalue weighted by Crippen LogP contribution is 2.46. The molecule has 0 aliphatic heterocycles. The molecule has 0 spiro atoms. The van der Waals surface area contributed by atoms with E-state index in [-0.39, 0.29) is 11.7 Å². The second-order valence-electron chi connectivity index (χ2n) is 7.82. The Hall–Kier alpha value is -2.93. The molecule has 1 aliphatic rings. The van der Waals surface area contributed by atoms with E-state index in [9.17, 15) is 44.3 Å². The molecular weight excluding hydrogens is 485 g/mol. The zero-order valence-corrected chi connectivity index (χ0v) is 17.4. The van der Waals surface area contributed by atoms with E-state index in [1.165, 1.54) is 23.9 Å². The number of rotatable bonds is 6. The summed E-state index contributed by atoms with van der Waals surface area (Å²) in [5.74, 6) is -6.21. The second-order valence-corrected chi connectivity index (χ2v) is 7.82. The van der Waals surface area contributed by atoms with Crippen molar-refractivity contribution in [3.05, 3.63) is 29.8 Å². The predicted octanol–water partition coefficient (Wildman–Crippen LogP) is 6.32. The van der Waals surface area contributed by atoms with Gasteiger partial charge in [-0.2, -0.15) is 31.4 Å². The molecule has 1 heterocycles. The average Bonchev–Trinajstić information content (AvgIpc) is 2.91. The summed E-state index contributed by atoms with van der Waals surface area (Å²) in [6, 6.07) is 4.70. The number of carbonyl (C=O) groups excluding carboxylic acids is 1. The third-order valence-electron chi connectivity index (χ3n) is 5.40. The van der Waals surface area contributed by atoms with Crippen LogP contribution in [0.15, 0.2) is 24.3 Å². The number of carbonyl (C=O) groups is 1. The lowest BCUT2D eigenvalue weighted by Gasteiger charge is -2.27. The van der Waals surface area contributed by atoms with Gasteiger partial charge in [-0.1, -0.05) is 6.42 Å². The van der Waals surface area contributed by atoms with Crippen molar-refractivity contribution in [1.29, 1.82) is 0 Å². The summed E-state index contributed by atoms with van der Waals surface area (Å²) < 4.78 is 119. The van der Waals surface area contributed by atoms with Gasteiger partial charge in [0.15, 0.2) is 11.7 Å². The Morgan fingerprint density at radius 3 is 2.06 bits per heavy atom. The topological polar surface area (TPSA) is 56.2 Å². The van der Waals surface area contributed by atoms with Crippen molar-refractivity contribution < 1.29 is 49.0 Å². The van der Waals surface area contributed by atoms with E-state index < -0.39 is 42.7 Å². The molecule has 0 atom stereocenters. The Kier molecular flexibility index (Phi) is 6.82. The molecule has 0 bridgehead atoms. The molecule has 3 rings (SSSR count). The highest BCUT2D eigenvalue weighted by Gasteiger charge is 2.57. The number of hydrogen-bond donors (Lipinski definition) is 1. The number of anilines is 1. The molecular formula is C20H18F9N3O2. The van der Waals surface area contributed by atoms with Gasteiger partial charge in [-0.05, 0) is 43.0 Å². The maximum atomic E-state index is 12.8. The molecule has 1 aromatic heterocycles. The molecule has 188 valence electrons. The molecule has 1 saturated carbocycles. The fourth-order valence-electron chi connectivity index (χ4n) is 3.66. The van der Waals surface area contributed by atoms with E-state index in [1.54, 1.807) is 0 Å². The van der Waals surface area contributed by atoms with Crippen molar-refractivity contribution in [2.24, 2.45) is 13.0 Å². The van der Waals surface area contributed by atoms with Crippen LogP contribution >= 0.6 is 0 Å². The predicted molar refractivity (Wildman–Crippen MR) is 101 cm³/mol. The molecule has 1 amide bonds. The zero-order valence-electron chi connectivity index (χ0n) is 17.4. The van der Waals surface area contributed by atoms with Gasteiger partial charge in [0, 0.05) is 24.6 Å². The quantitative estimate of drug-likeness (QED) is 0.470. The molecule has 34 heavy (non-hydrogen) atoms. The number of halogens is 9. The second kappa shape index (κ2) is 9.02. The van der Waals surface area contributed by atoms with Gasteiger partial charge in [-0.15, -0.1) is 13.2 Å². The van der Waals surface area contributed by atoms with Crippen LogP contribution < -0.4 is 10.1 Å². The summed E-state index contributed by atoms with van der Waals surface area (Å²) in [6.45, 7) is 0. The average molecular weight is 503 g/mol. The van der Waals surface area contributed by atoms with E-state index in [2.05, 4.69) is 15.2 Å². The number of benzene rings is 1. The highest BCUT2D eigenvalue weighted by molar-refractivity contribution is 5.92. The van der Waals surface area contributed by atoms with Crippen molar-refractivity contribution >= 4 is 11.7 Å². The molecule has 5 nitrogen and oxygen atoms in total. The van der Waals surface area contributed by atoms with Gasteiger partial charge in [-0.25, -0.2) is 0 Å². The van der Waals surface area contributed by atoms with Gasteiger partial charge in [0.2, 0.25) is 5.91 Å². The molecule has 0 radical (unpaired) electrons. The van der Waals surface area contributed by atoms with Crippen molar-refractivity contribution in [2.45, 2.75) is 50.3 Å². The highest BCUT2D eigenvalue weighted by atomic mass is 19.4. The lowest BCUT2D eigenvalue weighted by Crippen LogP contribution is -2.39. The summed E-state index contributed by atoms with van der Waals surface area (Å²) in [5, 5.41) is 6.12. The van der Waals surface area contributed by atoms with E-state index in [4.69, 9.17) is 0 Å². The van der Waals surface area contributed by atoms with E-state index in [1.807, 2.05) is 0 Å². The number of nitrogens with one attached hydrogen (secondary N) is 1. The van der Waals surface area contributed by atoms with E-state index in [0.717, 1.165) is 18.6 Å².